The van der Waals surface area contributed by atoms with Gasteiger partial charge in [0.25, 0.3) is 0 Å². The van der Waals surface area contributed by atoms with Gasteiger partial charge in [-0.1, -0.05) is 40.2 Å². The third-order valence-corrected chi connectivity index (χ3v) is 3.63. The van der Waals surface area contributed by atoms with E-state index in [-0.39, 0.29) is 11.6 Å². The van der Waals surface area contributed by atoms with Crippen LogP contribution >= 0.6 is 15.9 Å². The summed E-state index contributed by atoms with van der Waals surface area (Å²) in [7, 11) is 0. The molecule has 2 nitrogen and oxygen atoms in total. The first-order chi connectivity index (χ1) is 10.2. The summed E-state index contributed by atoms with van der Waals surface area (Å²) >= 11 is 3.35. The van der Waals surface area contributed by atoms with Gasteiger partial charge in [-0.2, -0.15) is 4.39 Å². The number of benzene rings is 2. The first-order valence-electron chi connectivity index (χ1n) is 6.25. The molecule has 0 aliphatic carbocycles. The lowest BCUT2D eigenvalue weighted by Crippen LogP contribution is -1.97. The van der Waals surface area contributed by atoms with Gasteiger partial charge >= 0.3 is 0 Å². The van der Waals surface area contributed by atoms with Crippen molar-refractivity contribution in [1.29, 1.82) is 0 Å². The van der Waals surface area contributed by atoms with Crippen molar-refractivity contribution in [3.63, 3.8) is 0 Å². The molecule has 106 valence electrons. The summed E-state index contributed by atoms with van der Waals surface area (Å²) in [6.45, 7) is 0. The van der Waals surface area contributed by atoms with Crippen LogP contribution in [-0.2, 0) is 5.33 Å². The highest BCUT2D eigenvalue weighted by Gasteiger charge is 2.13. The van der Waals surface area contributed by atoms with Crippen molar-refractivity contribution in [3.05, 3.63) is 65.7 Å². The fourth-order valence-corrected chi connectivity index (χ4v) is 2.39. The second kappa shape index (κ2) is 5.77. The zero-order chi connectivity index (χ0) is 14.8. The molecule has 0 N–H and O–H groups in total. The predicted octanol–water partition coefficient (Wildman–Crippen LogP) is 5.20. The molecule has 0 fully saturated rings. The molecule has 0 unspecified atom stereocenters. The van der Waals surface area contributed by atoms with E-state index < -0.39 is 11.6 Å². The van der Waals surface area contributed by atoms with Crippen LogP contribution in [0.4, 0.5) is 8.78 Å². The minimum absolute atomic E-state index is 0.181. The van der Waals surface area contributed by atoms with Crippen LogP contribution in [0.1, 0.15) is 5.56 Å². The number of pyridine rings is 1. The van der Waals surface area contributed by atoms with Gasteiger partial charge in [-0.15, -0.1) is 0 Å². The van der Waals surface area contributed by atoms with Crippen molar-refractivity contribution in [2.45, 2.75) is 5.33 Å². The zero-order valence-corrected chi connectivity index (χ0v) is 12.4. The van der Waals surface area contributed by atoms with Gasteiger partial charge < -0.3 is 4.74 Å². The highest BCUT2D eigenvalue weighted by atomic mass is 79.9. The molecular weight excluding hydrogens is 340 g/mol. The Kier molecular flexibility index (Phi) is 3.84. The number of halogens is 3. The molecule has 0 saturated heterocycles. The van der Waals surface area contributed by atoms with Gasteiger partial charge in [-0.3, -0.25) is 0 Å². The summed E-state index contributed by atoms with van der Waals surface area (Å²) < 4.78 is 32.4. The Morgan fingerprint density at radius 3 is 2.67 bits per heavy atom. The van der Waals surface area contributed by atoms with Gasteiger partial charge in [-0.25, -0.2) is 9.37 Å². The molecular formula is C16H10BrF2NO. The first-order valence-corrected chi connectivity index (χ1v) is 7.37. The topological polar surface area (TPSA) is 22.1 Å². The normalized spacial score (nSPS) is 10.8. The van der Waals surface area contributed by atoms with Crippen LogP contribution in [0.5, 0.6) is 11.6 Å². The molecule has 1 aromatic heterocycles. The Morgan fingerprint density at radius 2 is 1.86 bits per heavy atom. The molecule has 0 bridgehead atoms. The van der Waals surface area contributed by atoms with E-state index in [1.807, 2.05) is 30.3 Å². The van der Waals surface area contributed by atoms with Gasteiger partial charge in [0.05, 0.1) is 5.52 Å². The summed E-state index contributed by atoms with van der Waals surface area (Å²) in [6.07, 6.45) is 0. The van der Waals surface area contributed by atoms with Crippen LogP contribution in [0.15, 0.2) is 48.5 Å². The number of para-hydroxylation sites is 1. The molecule has 0 aliphatic heterocycles. The SMILES string of the molecule is Fc1cccc(Oc2nc3ccccc3cc2CBr)c1F. The van der Waals surface area contributed by atoms with E-state index in [2.05, 4.69) is 20.9 Å². The number of nitrogens with zero attached hydrogens (tertiary/aromatic N) is 1. The summed E-state index contributed by atoms with van der Waals surface area (Å²) in [4.78, 5) is 4.37. The number of aromatic nitrogens is 1. The Balaban J connectivity index is 2.09. The molecule has 0 radical (unpaired) electrons. The quantitative estimate of drug-likeness (QED) is 0.606. The van der Waals surface area contributed by atoms with E-state index in [1.54, 1.807) is 0 Å². The Morgan fingerprint density at radius 1 is 1.05 bits per heavy atom. The lowest BCUT2D eigenvalue weighted by atomic mass is 10.2. The summed E-state index contributed by atoms with van der Waals surface area (Å²) in [5.74, 6) is -1.89. The minimum atomic E-state index is -1.02. The largest absolute Gasteiger partial charge is 0.435 e. The average Bonchev–Trinajstić information content (AvgIpc) is 2.51. The number of hydrogen-bond acceptors (Lipinski definition) is 2. The Labute approximate surface area is 128 Å². The van der Waals surface area contributed by atoms with E-state index in [9.17, 15) is 8.78 Å². The fourth-order valence-electron chi connectivity index (χ4n) is 1.99. The third kappa shape index (κ3) is 2.74. The van der Waals surface area contributed by atoms with E-state index in [0.717, 1.165) is 22.5 Å². The predicted molar refractivity (Wildman–Crippen MR) is 80.8 cm³/mol. The van der Waals surface area contributed by atoms with Crippen molar-refractivity contribution in [1.82, 2.24) is 4.98 Å². The number of hydrogen-bond donors (Lipinski definition) is 0. The summed E-state index contributed by atoms with van der Waals surface area (Å²) in [5.41, 5.74) is 1.49. The molecule has 0 spiro atoms. The fraction of sp³-hybridized carbons (Fsp3) is 0.0625. The van der Waals surface area contributed by atoms with Crippen molar-refractivity contribution < 1.29 is 13.5 Å². The van der Waals surface area contributed by atoms with Crippen molar-refractivity contribution in [2.75, 3.05) is 0 Å². The zero-order valence-electron chi connectivity index (χ0n) is 10.8. The highest BCUT2D eigenvalue weighted by molar-refractivity contribution is 9.08. The standard InChI is InChI=1S/C16H10BrF2NO/c17-9-11-8-10-4-1-2-6-13(10)20-16(11)21-14-7-3-5-12(18)15(14)19/h1-8H,9H2. The van der Waals surface area contributed by atoms with Gasteiger partial charge in [0.1, 0.15) is 0 Å². The minimum Gasteiger partial charge on any atom is -0.435 e. The van der Waals surface area contributed by atoms with Gasteiger partial charge in [0.15, 0.2) is 11.6 Å². The van der Waals surface area contributed by atoms with E-state index >= 15 is 0 Å². The number of alkyl halides is 1. The summed E-state index contributed by atoms with van der Waals surface area (Å²) in [6, 6.07) is 13.2. The summed E-state index contributed by atoms with van der Waals surface area (Å²) in [5, 5.41) is 1.45. The van der Waals surface area contributed by atoms with Crippen LogP contribution in [0.2, 0.25) is 0 Å². The van der Waals surface area contributed by atoms with Crippen LogP contribution in [0.25, 0.3) is 10.9 Å². The van der Waals surface area contributed by atoms with Crippen molar-refractivity contribution >= 4 is 26.8 Å². The first kappa shape index (κ1) is 13.9. The molecule has 0 amide bonds. The molecule has 5 heteroatoms. The average molecular weight is 350 g/mol. The number of fused-ring (bicyclic) bond motifs is 1. The number of rotatable bonds is 3. The third-order valence-electron chi connectivity index (χ3n) is 3.03. The van der Waals surface area contributed by atoms with Crippen molar-refractivity contribution in [3.8, 4) is 11.6 Å². The molecule has 2 aromatic carbocycles. The molecule has 1 heterocycles. The molecule has 3 aromatic rings. The van der Waals surface area contributed by atoms with Gasteiger partial charge in [0.2, 0.25) is 11.7 Å². The lowest BCUT2D eigenvalue weighted by Gasteiger charge is -2.11. The maximum absolute atomic E-state index is 13.7. The van der Waals surface area contributed by atoms with Crippen LogP contribution in [0.3, 0.4) is 0 Å². The van der Waals surface area contributed by atoms with E-state index in [0.29, 0.717) is 5.33 Å². The Bertz CT molecular complexity index is 807. The van der Waals surface area contributed by atoms with E-state index in [1.165, 1.54) is 12.1 Å². The second-order valence-electron chi connectivity index (χ2n) is 4.43. The molecule has 0 aliphatic rings. The Hall–Kier alpha value is -2.01. The van der Waals surface area contributed by atoms with Crippen LogP contribution in [0, 0.1) is 11.6 Å². The maximum atomic E-state index is 13.7. The van der Waals surface area contributed by atoms with Crippen LogP contribution < -0.4 is 4.74 Å². The van der Waals surface area contributed by atoms with Gasteiger partial charge in [-0.05, 0) is 24.3 Å². The molecule has 0 atom stereocenters. The van der Waals surface area contributed by atoms with Crippen molar-refractivity contribution in [2.24, 2.45) is 0 Å². The van der Waals surface area contributed by atoms with E-state index in [4.69, 9.17) is 4.74 Å². The number of ether oxygens (including phenoxy) is 1. The second-order valence-corrected chi connectivity index (χ2v) is 4.99. The monoisotopic (exact) mass is 349 g/mol. The van der Waals surface area contributed by atoms with Gasteiger partial charge in [0, 0.05) is 16.3 Å². The maximum Gasteiger partial charge on any atom is 0.224 e. The molecule has 21 heavy (non-hydrogen) atoms. The molecule has 0 saturated carbocycles. The lowest BCUT2D eigenvalue weighted by molar-refractivity contribution is 0.404. The molecule has 3 rings (SSSR count). The highest BCUT2D eigenvalue weighted by Crippen LogP contribution is 2.30. The van der Waals surface area contributed by atoms with Crippen LogP contribution in [-0.4, -0.2) is 4.98 Å². The smallest absolute Gasteiger partial charge is 0.224 e.